The largest absolute Gasteiger partial charge is 0.394 e. The third kappa shape index (κ3) is 3.49. The van der Waals surface area contributed by atoms with E-state index in [0.717, 1.165) is 16.6 Å². The summed E-state index contributed by atoms with van der Waals surface area (Å²) in [6, 6.07) is 14.9. The molecule has 4 rings (SSSR count). The minimum Gasteiger partial charge on any atom is -0.394 e. The molecule has 136 valence electrons. The van der Waals surface area contributed by atoms with Gasteiger partial charge in [-0.25, -0.2) is 9.97 Å². The average molecular weight is 399 g/mol. The zero-order valence-corrected chi connectivity index (χ0v) is 15.7. The summed E-state index contributed by atoms with van der Waals surface area (Å²) >= 11 is 12.6. The number of hydrogen-bond acceptors (Lipinski definition) is 4. The van der Waals surface area contributed by atoms with Gasteiger partial charge in [-0.1, -0.05) is 53.5 Å². The van der Waals surface area contributed by atoms with Crippen molar-refractivity contribution in [1.29, 1.82) is 0 Å². The molecule has 0 fully saturated rings. The minimum absolute atomic E-state index is 0.0760. The SMILES string of the molecule is OC[C@@H](Nc1cc(-n2ccnc2)c2ccc(Cl)c(Cl)c2n1)c1ccccc1. The van der Waals surface area contributed by atoms with Gasteiger partial charge in [-0.3, -0.25) is 0 Å². The molecule has 0 bridgehead atoms. The quantitative estimate of drug-likeness (QED) is 0.503. The predicted molar refractivity (Wildman–Crippen MR) is 109 cm³/mol. The second kappa shape index (κ2) is 7.56. The van der Waals surface area contributed by atoms with Crippen LogP contribution >= 0.6 is 23.2 Å². The molecule has 2 aromatic heterocycles. The lowest BCUT2D eigenvalue weighted by Crippen LogP contribution is -2.16. The van der Waals surface area contributed by atoms with Gasteiger partial charge in [0.1, 0.15) is 5.82 Å². The number of halogens is 2. The summed E-state index contributed by atoms with van der Waals surface area (Å²) in [4.78, 5) is 8.77. The lowest BCUT2D eigenvalue weighted by atomic mass is 10.1. The molecule has 0 radical (unpaired) electrons. The standard InChI is InChI=1S/C20H16Cl2N4O/c21-15-7-6-14-17(26-9-8-23-12-26)10-18(25-20(14)19(15)22)24-16(11-27)13-4-2-1-3-5-13/h1-10,12,16,27H,11H2,(H,24,25)/t16-/m1/s1. The van der Waals surface area contributed by atoms with Gasteiger partial charge < -0.3 is 15.0 Å². The van der Waals surface area contributed by atoms with E-state index in [1.165, 1.54) is 0 Å². The van der Waals surface area contributed by atoms with Crippen LogP contribution in [0.5, 0.6) is 0 Å². The monoisotopic (exact) mass is 398 g/mol. The molecule has 0 saturated heterocycles. The molecule has 1 atom stereocenters. The summed E-state index contributed by atoms with van der Waals surface area (Å²) in [5, 5.41) is 14.8. The van der Waals surface area contributed by atoms with Crippen molar-refractivity contribution < 1.29 is 5.11 Å². The van der Waals surface area contributed by atoms with Gasteiger partial charge in [0.2, 0.25) is 0 Å². The van der Waals surface area contributed by atoms with Crippen LogP contribution in [0.25, 0.3) is 16.6 Å². The van der Waals surface area contributed by atoms with E-state index in [1.54, 1.807) is 18.6 Å². The molecule has 0 aliphatic rings. The third-order valence-corrected chi connectivity index (χ3v) is 5.13. The summed E-state index contributed by atoms with van der Waals surface area (Å²) in [5.41, 5.74) is 2.41. The second-order valence-corrected chi connectivity index (χ2v) is 6.83. The van der Waals surface area contributed by atoms with Crippen LogP contribution in [0.2, 0.25) is 10.0 Å². The molecule has 0 saturated carbocycles. The molecule has 0 unspecified atom stereocenters. The minimum atomic E-state index is -0.301. The smallest absolute Gasteiger partial charge is 0.129 e. The molecule has 2 aromatic carbocycles. The van der Waals surface area contributed by atoms with Gasteiger partial charge in [0.15, 0.2) is 0 Å². The first-order chi connectivity index (χ1) is 13.2. The first-order valence-corrected chi connectivity index (χ1v) is 9.12. The molecule has 2 heterocycles. The zero-order valence-electron chi connectivity index (χ0n) is 14.2. The topological polar surface area (TPSA) is 63.0 Å². The molecule has 0 aliphatic heterocycles. The number of aromatic nitrogens is 3. The molecule has 27 heavy (non-hydrogen) atoms. The second-order valence-electron chi connectivity index (χ2n) is 6.04. The number of imidazole rings is 1. The average Bonchev–Trinajstić information content (AvgIpc) is 3.24. The van der Waals surface area contributed by atoms with E-state index in [4.69, 9.17) is 23.2 Å². The Kier molecular flexibility index (Phi) is 4.99. The highest BCUT2D eigenvalue weighted by Crippen LogP contribution is 2.34. The number of pyridine rings is 1. The number of fused-ring (bicyclic) bond motifs is 1. The van der Waals surface area contributed by atoms with Crippen LogP contribution in [0.15, 0.2) is 67.3 Å². The summed E-state index contributed by atoms with van der Waals surface area (Å²) in [6.07, 6.45) is 5.26. The van der Waals surface area contributed by atoms with Crippen LogP contribution in [0.3, 0.4) is 0 Å². The first-order valence-electron chi connectivity index (χ1n) is 8.37. The van der Waals surface area contributed by atoms with Gasteiger partial charge in [0.05, 0.1) is 40.2 Å². The third-order valence-electron chi connectivity index (χ3n) is 4.34. The highest BCUT2D eigenvalue weighted by molar-refractivity contribution is 6.45. The van der Waals surface area contributed by atoms with E-state index >= 15 is 0 Å². The number of rotatable bonds is 5. The Morgan fingerprint density at radius 1 is 1.11 bits per heavy atom. The van der Waals surface area contributed by atoms with E-state index in [0.29, 0.717) is 21.4 Å². The fraction of sp³-hybridized carbons (Fsp3) is 0.100. The number of hydrogen-bond donors (Lipinski definition) is 2. The summed E-state index contributed by atoms with van der Waals surface area (Å²) < 4.78 is 1.88. The number of nitrogens with zero attached hydrogens (tertiary/aromatic N) is 3. The summed E-state index contributed by atoms with van der Waals surface area (Å²) in [5.74, 6) is 0.582. The normalized spacial score (nSPS) is 12.3. The maximum atomic E-state index is 9.85. The lowest BCUT2D eigenvalue weighted by Gasteiger charge is -2.19. The number of aliphatic hydroxyl groups excluding tert-OH is 1. The highest BCUT2D eigenvalue weighted by Gasteiger charge is 2.16. The fourth-order valence-electron chi connectivity index (χ4n) is 3.00. The van der Waals surface area contributed by atoms with E-state index < -0.39 is 0 Å². The molecular formula is C20H16Cl2N4O. The maximum Gasteiger partial charge on any atom is 0.129 e. The predicted octanol–water partition coefficient (Wildman–Crippen LogP) is 4.87. The first kappa shape index (κ1) is 17.8. The van der Waals surface area contributed by atoms with Crippen molar-refractivity contribution in [2.24, 2.45) is 0 Å². The Labute approximate surface area is 166 Å². The van der Waals surface area contributed by atoms with Gasteiger partial charge in [0, 0.05) is 23.8 Å². The van der Waals surface area contributed by atoms with E-state index in [2.05, 4.69) is 15.3 Å². The van der Waals surface area contributed by atoms with Crippen LogP contribution in [-0.4, -0.2) is 26.2 Å². The van der Waals surface area contributed by atoms with Gasteiger partial charge in [0.25, 0.3) is 0 Å². The van der Waals surface area contributed by atoms with Gasteiger partial charge in [-0.05, 0) is 17.7 Å². The van der Waals surface area contributed by atoms with Crippen molar-refractivity contribution >= 4 is 39.9 Å². The van der Waals surface area contributed by atoms with Crippen LogP contribution in [0.1, 0.15) is 11.6 Å². The Hall–Kier alpha value is -2.60. The fourth-order valence-corrected chi connectivity index (χ4v) is 3.36. The molecule has 2 N–H and O–H groups in total. The molecule has 0 aliphatic carbocycles. The Bertz CT molecular complexity index is 1070. The van der Waals surface area contributed by atoms with Crippen molar-refractivity contribution in [1.82, 2.24) is 14.5 Å². The van der Waals surface area contributed by atoms with Crippen LogP contribution < -0.4 is 5.32 Å². The zero-order chi connectivity index (χ0) is 18.8. The molecule has 5 nitrogen and oxygen atoms in total. The van der Waals surface area contributed by atoms with E-state index in [9.17, 15) is 5.11 Å². The van der Waals surface area contributed by atoms with Crippen LogP contribution in [0.4, 0.5) is 5.82 Å². The Balaban J connectivity index is 1.84. The highest BCUT2D eigenvalue weighted by atomic mass is 35.5. The number of aliphatic hydroxyl groups is 1. The van der Waals surface area contributed by atoms with E-state index in [1.807, 2.05) is 53.2 Å². The molecule has 4 aromatic rings. The molecule has 7 heteroatoms. The van der Waals surface area contributed by atoms with Gasteiger partial charge >= 0.3 is 0 Å². The van der Waals surface area contributed by atoms with E-state index in [-0.39, 0.29) is 12.6 Å². The van der Waals surface area contributed by atoms with Gasteiger partial charge in [-0.2, -0.15) is 0 Å². The van der Waals surface area contributed by atoms with Crippen molar-refractivity contribution in [3.63, 3.8) is 0 Å². The maximum absolute atomic E-state index is 9.85. The van der Waals surface area contributed by atoms with Crippen molar-refractivity contribution in [3.05, 3.63) is 82.9 Å². The Morgan fingerprint density at radius 3 is 2.63 bits per heavy atom. The number of anilines is 1. The number of nitrogens with one attached hydrogen (secondary N) is 1. The van der Waals surface area contributed by atoms with Crippen LogP contribution in [-0.2, 0) is 0 Å². The molecule has 0 amide bonds. The van der Waals surface area contributed by atoms with Crippen molar-refractivity contribution in [3.8, 4) is 5.69 Å². The van der Waals surface area contributed by atoms with Crippen molar-refractivity contribution in [2.45, 2.75) is 6.04 Å². The number of benzene rings is 2. The van der Waals surface area contributed by atoms with Crippen molar-refractivity contribution in [2.75, 3.05) is 11.9 Å². The lowest BCUT2D eigenvalue weighted by molar-refractivity contribution is 0.276. The Morgan fingerprint density at radius 2 is 1.93 bits per heavy atom. The van der Waals surface area contributed by atoms with Gasteiger partial charge in [-0.15, -0.1) is 0 Å². The molecule has 0 spiro atoms. The summed E-state index contributed by atoms with van der Waals surface area (Å²) in [7, 11) is 0. The van der Waals surface area contributed by atoms with Crippen LogP contribution in [0, 0.1) is 0 Å². The summed E-state index contributed by atoms with van der Waals surface area (Å²) in [6.45, 7) is -0.0760. The molecular weight excluding hydrogens is 383 g/mol.